The Bertz CT molecular complexity index is 594. The number of halogens is 3. The highest BCUT2D eigenvalue weighted by Gasteiger charge is 2.30. The van der Waals surface area contributed by atoms with Crippen molar-refractivity contribution in [3.05, 3.63) is 52.0 Å². The molecule has 1 aromatic heterocycles. The van der Waals surface area contributed by atoms with Crippen molar-refractivity contribution < 1.29 is 13.2 Å². The maximum absolute atomic E-state index is 12.7. The highest BCUT2D eigenvalue weighted by atomic mass is 32.1. The Hall–Kier alpha value is -1.40. The Balaban J connectivity index is 1.94. The first kappa shape index (κ1) is 17.9. The van der Waals surface area contributed by atoms with E-state index in [4.69, 9.17) is 0 Å². The Kier molecular flexibility index (Phi) is 6.18. The van der Waals surface area contributed by atoms with Crippen LogP contribution in [0.4, 0.5) is 13.2 Å². The molecular weight excluding hydrogens is 321 g/mol. The van der Waals surface area contributed by atoms with E-state index < -0.39 is 11.7 Å². The van der Waals surface area contributed by atoms with Crippen molar-refractivity contribution in [2.45, 2.75) is 38.9 Å². The summed E-state index contributed by atoms with van der Waals surface area (Å²) < 4.78 is 38.2. The lowest BCUT2D eigenvalue weighted by Crippen LogP contribution is -2.25. The van der Waals surface area contributed by atoms with Crippen molar-refractivity contribution in [3.8, 4) is 0 Å². The second-order valence-corrected chi connectivity index (χ2v) is 6.88. The summed E-state index contributed by atoms with van der Waals surface area (Å²) in [6.07, 6.45) is -0.994. The first-order valence-corrected chi connectivity index (χ1v) is 8.53. The van der Waals surface area contributed by atoms with Crippen LogP contribution >= 0.6 is 11.3 Å². The minimum absolute atomic E-state index is 0.154. The van der Waals surface area contributed by atoms with Crippen LogP contribution in [0.15, 0.2) is 35.8 Å². The van der Waals surface area contributed by atoms with Crippen LogP contribution < -0.4 is 5.32 Å². The van der Waals surface area contributed by atoms with Gasteiger partial charge in [-0.25, -0.2) is 4.98 Å². The van der Waals surface area contributed by atoms with Crippen LogP contribution in [0.25, 0.3) is 0 Å². The molecule has 1 atom stereocenters. The van der Waals surface area contributed by atoms with E-state index in [9.17, 15) is 13.2 Å². The molecule has 2 rings (SSSR count). The van der Waals surface area contributed by atoms with Gasteiger partial charge in [-0.1, -0.05) is 32.0 Å². The van der Waals surface area contributed by atoms with Crippen molar-refractivity contribution in [1.82, 2.24) is 10.3 Å². The molecule has 0 aliphatic rings. The molecule has 1 aromatic carbocycles. The quantitative estimate of drug-likeness (QED) is 0.759. The molecular formula is C17H21F3N2S. The van der Waals surface area contributed by atoms with Crippen molar-refractivity contribution in [2.24, 2.45) is 5.92 Å². The summed E-state index contributed by atoms with van der Waals surface area (Å²) in [6.45, 7) is 4.92. The van der Waals surface area contributed by atoms with E-state index in [1.807, 2.05) is 5.38 Å². The average molecular weight is 342 g/mol. The lowest BCUT2D eigenvalue weighted by molar-refractivity contribution is -0.137. The molecule has 0 bridgehead atoms. The maximum Gasteiger partial charge on any atom is 0.416 e. The van der Waals surface area contributed by atoms with E-state index in [1.54, 1.807) is 23.6 Å². The van der Waals surface area contributed by atoms with E-state index in [2.05, 4.69) is 24.1 Å². The van der Waals surface area contributed by atoms with Crippen molar-refractivity contribution in [3.63, 3.8) is 0 Å². The van der Waals surface area contributed by atoms with E-state index in [0.29, 0.717) is 24.4 Å². The van der Waals surface area contributed by atoms with Gasteiger partial charge >= 0.3 is 6.18 Å². The number of thiazole rings is 1. The predicted molar refractivity (Wildman–Crippen MR) is 87.5 cm³/mol. The van der Waals surface area contributed by atoms with Crippen LogP contribution in [-0.4, -0.2) is 11.5 Å². The molecule has 1 unspecified atom stereocenters. The van der Waals surface area contributed by atoms with Gasteiger partial charge < -0.3 is 5.32 Å². The Morgan fingerprint density at radius 3 is 2.65 bits per heavy atom. The van der Waals surface area contributed by atoms with Crippen LogP contribution in [0.3, 0.4) is 0 Å². The summed E-state index contributed by atoms with van der Waals surface area (Å²) >= 11 is 1.60. The molecule has 23 heavy (non-hydrogen) atoms. The monoisotopic (exact) mass is 342 g/mol. The largest absolute Gasteiger partial charge is 0.416 e. The predicted octanol–water partition coefficient (Wildman–Crippen LogP) is 5.08. The third-order valence-electron chi connectivity index (χ3n) is 3.52. The van der Waals surface area contributed by atoms with E-state index in [-0.39, 0.29) is 6.04 Å². The standard InChI is InChI=1S/C17H21F3N2S/c1-12(2)10-15(16-22-8-9-23-16)21-7-6-13-4-3-5-14(11-13)17(18,19)20/h3-5,8-9,11-12,15,21H,6-7,10H2,1-2H3. The van der Waals surface area contributed by atoms with Gasteiger partial charge in [0.15, 0.2) is 0 Å². The molecule has 0 aliphatic heterocycles. The van der Waals surface area contributed by atoms with Gasteiger partial charge in [-0.2, -0.15) is 13.2 Å². The van der Waals surface area contributed by atoms with Crippen LogP contribution in [0.2, 0.25) is 0 Å². The van der Waals surface area contributed by atoms with Crippen LogP contribution in [0.5, 0.6) is 0 Å². The van der Waals surface area contributed by atoms with Crippen LogP contribution in [0, 0.1) is 5.92 Å². The van der Waals surface area contributed by atoms with Crippen molar-refractivity contribution in [2.75, 3.05) is 6.54 Å². The van der Waals surface area contributed by atoms with Gasteiger partial charge in [0.05, 0.1) is 11.6 Å². The van der Waals surface area contributed by atoms with E-state index in [0.717, 1.165) is 17.5 Å². The summed E-state index contributed by atoms with van der Waals surface area (Å²) in [6, 6.07) is 5.68. The molecule has 126 valence electrons. The third kappa shape index (κ3) is 5.62. The number of benzene rings is 1. The second-order valence-electron chi connectivity index (χ2n) is 5.95. The van der Waals surface area contributed by atoms with E-state index in [1.165, 1.54) is 12.1 Å². The minimum atomic E-state index is -4.29. The van der Waals surface area contributed by atoms with Crippen LogP contribution in [0.1, 0.15) is 42.4 Å². The fourth-order valence-electron chi connectivity index (χ4n) is 2.44. The molecule has 0 saturated carbocycles. The van der Waals surface area contributed by atoms with Gasteiger partial charge in [-0.05, 0) is 36.9 Å². The molecule has 0 fully saturated rings. The molecule has 2 nitrogen and oxygen atoms in total. The molecule has 0 saturated heterocycles. The number of nitrogens with zero attached hydrogens (tertiary/aromatic N) is 1. The SMILES string of the molecule is CC(C)CC(NCCc1cccc(C(F)(F)F)c1)c1nccs1. The molecule has 6 heteroatoms. The zero-order valence-electron chi connectivity index (χ0n) is 13.2. The Morgan fingerprint density at radius 2 is 2.04 bits per heavy atom. The molecule has 0 amide bonds. The molecule has 0 radical (unpaired) electrons. The van der Waals surface area contributed by atoms with Gasteiger partial charge in [0.1, 0.15) is 5.01 Å². The number of aromatic nitrogens is 1. The highest BCUT2D eigenvalue weighted by Crippen LogP contribution is 2.29. The van der Waals surface area contributed by atoms with Gasteiger partial charge in [0, 0.05) is 11.6 Å². The highest BCUT2D eigenvalue weighted by molar-refractivity contribution is 7.09. The number of alkyl halides is 3. The van der Waals surface area contributed by atoms with Gasteiger partial charge in [-0.15, -0.1) is 11.3 Å². The van der Waals surface area contributed by atoms with Gasteiger partial charge in [0.25, 0.3) is 0 Å². The summed E-state index contributed by atoms with van der Waals surface area (Å²) in [5, 5.41) is 6.40. The normalized spacial score (nSPS) is 13.5. The Labute approximate surface area is 138 Å². The smallest absolute Gasteiger partial charge is 0.308 e. The number of hydrogen-bond acceptors (Lipinski definition) is 3. The number of rotatable bonds is 7. The molecule has 0 spiro atoms. The zero-order chi connectivity index (χ0) is 16.9. The van der Waals surface area contributed by atoms with Crippen LogP contribution in [-0.2, 0) is 12.6 Å². The summed E-state index contributed by atoms with van der Waals surface area (Å²) in [5.41, 5.74) is 0.100. The third-order valence-corrected chi connectivity index (χ3v) is 4.40. The maximum atomic E-state index is 12.7. The topological polar surface area (TPSA) is 24.9 Å². The first-order chi connectivity index (χ1) is 10.9. The fraction of sp³-hybridized carbons (Fsp3) is 0.471. The summed E-state index contributed by atoms with van der Waals surface area (Å²) in [5.74, 6) is 0.518. The first-order valence-electron chi connectivity index (χ1n) is 7.65. The molecule has 1 heterocycles. The van der Waals surface area contributed by atoms with Crippen molar-refractivity contribution >= 4 is 11.3 Å². The summed E-state index contributed by atoms with van der Waals surface area (Å²) in [7, 11) is 0. The lowest BCUT2D eigenvalue weighted by Gasteiger charge is -2.18. The molecule has 1 N–H and O–H groups in total. The summed E-state index contributed by atoms with van der Waals surface area (Å²) in [4.78, 5) is 4.35. The number of hydrogen-bond donors (Lipinski definition) is 1. The van der Waals surface area contributed by atoms with Crippen molar-refractivity contribution in [1.29, 1.82) is 0 Å². The average Bonchev–Trinajstić information content (AvgIpc) is 2.99. The van der Waals surface area contributed by atoms with E-state index >= 15 is 0 Å². The minimum Gasteiger partial charge on any atom is -0.308 e. The fourth-order valence-corrected chi connectivity index (χ4v) is 3.17. The molecule has 2 aromatic rings. The van der Waals surface area contributed by atoms with Gasteiger partial charge in [0.2, 0.25) is 0 Å². The molecule has 0 aliphatic carbocycles. The van der Waals surface area contributed by atoms with Gasteiger partial charge in [-0.3, -0.25) is 0 Å². The lowest BCUT2D eigenvalue weighted by atomic mass is 10.0. The number of nitrogens with one attached hydrogen (secondary N) is 1. The second kappa shape index (κ2) is 7.93. The Morgan fingerprint density at radius 1 is 1.26 bits per heavy atom. The zero-order valence-corrected chi connectivity index (χ0v) is 14.0.